The standard InChI is InChI=1S/C13H25NO2/c1-3-16-10-4-5-12-6-7-13(11(2)15)14-9-8-12/h12-14H,3-10H2,1-2H3/t12-,13-/m0/s1. The molecule has 0 saturated carbocycles. The number of rotatable bonds is 6. The van der Waals surface area contributed by atoms with Crippen LogP contribution in [0.25, 0.3) is 0 Å². The van der Waals surface area contributed by atoms with E-state index in [-0.39, 0.29) is 11.8 Å². The molecule has 0 aromatic carbocycles. The van der Waals surface area contributed by atoms with Gasteiger partial charge in [0.15, 0.2) is 0 Å². The molecule has 1 fully saturated rings. The fraction of sp³-hybridized carbons (Fsp3) is 0.923. The van der Waals surface area contributed by atoms with Crippen molar-refractivity contribution in [1.82, 2.24) is 5.32 Å². The molecule has 1 saturated heterocycles. The first-order valence-corrected chi connectivity index (χ1v) is 6.55. The first-order valence-electron chi connectivity index (χ1n) is 6.55. The predicted octanol–water partition coefficient (Wildman–Crippen LogP) is 2.15. The van der Waals surface area contributed by atoms with Crippen LogP contribution in [0, 0.1) is 5.92 Å². The SMILES string of the molecule is CCOCCC[C@@H]1CCN[C@H](C(C)=O)CC1. The van der Waals surface area contributed by atoms with Crippen LogP contribution in [0.2, 0.25) is 0 Å². The van der Waals surface area contributed by atoms with Crippen molar-refractivity contribution in [3.05, 3.63) is 0 Å². The molecule has 1 aliphatic heterocycles. The summed E-state index contributed by atoms with van der Waals surface area (Å²) in [5, 5.41) is 3.33. The average Bonchev–Trinajstić information content (AvgIpc) is 2.50. The summed E-state index contributed by atoms with van der Waals surface area (Å²) >= 11 is 0. The van der Waals surface area contributed by atoms with E-state index in [1.807, 2.05) is 6.92 Å². The van der Waals surface area contributed by atoms with Crippen molar-refractivity contribution in [2.75, 3.05) is 19.8 Å². The van der Waals surface area contributed by atoms with Gasteiger partial charge in [-0.05, 0) is 58.4 Å². The molecule has 3 nitrogen and oxygen atoms in total. The number of carbonyl (C=O) groups is 1. The van der Waals surface area contributed by atoms with Gasteiger partial charge in [-0.3, -0.25) is 4.79 Å². The summed E-state index contributed by atoms with van der Waals surface area (Å²) in [7, 11) is 0. The highest BCUT2D eigenvalue weighted by molar-refractivity contribution is 5.81. The summed E-state index contributed by atoms with van der Waals surface area (Å²) in [6.07, 6.45) is 5.80. The minimum absolute atomic E-state index is 0.108. The number of Topliss-reactive ketones (excluding diaryl/α,β-unsaturated/α-hetero) is 1. The Morgan fingerprint density at radius 3 is 2.88 bits per heavy atom. The van der Waals surface area contributed by atoms with Crippen LogP contribution in [0.1, 0.15) is 46.0 Å². The Labute approximate surface area is 98.9 Å². The van der Waals surface area contributed by atoms with Crippen molar-refractivity contribution in [2.24, 2.45) is 5.92 Å². The zero-order chi connectivity index (χ0) is 11.8. The summed E-state index contributed by atoms with van der Waals surface area (Å²) in [4.78, 5) is 11.3. The minimum Gasteiger partial charge on any atom is -0.382 e. The molecule has 1 N–H and O–H groups in total. The van der Waals surface area contributed by atoms with Crippen molar-refractivity contribution in [1.29, 1.82) is 0 Å². The van der Waals surface area contributed by atoms with E-state index in [1.54, 1.807) is 6.92 Å². The second-order valence-electron chi connectivity index (χ2n) is 4.69. The smallest absolute Gasteiger partial charge is 0.146 e. The molecule has 0 aromatic heterocycles. The minimum atomic E-state index is 0.108. The third-order valence-electron chi connectivity index (χ3n) is 3.40. The predicted molar refractivity (Wildman–Crippen MR) is 65.5 cm³/mol. The lowest BCUT2D eigenvalue weighted by molar-refractivity contribution is -0.119. The third-order valence-corrected chi connectivity index (χ3v) is 3.40. The Bertz CT molecular complexity index is 206. The molecule has 1 heterocycles. The van der Waals surface area contributed by atoms with E-state index in [0.717, 1.165) is 38.5 Å². The summed E-state index contributed by atoms with van der Waals surface area (Å²) in [5.41, 5.74) is 0. The Kier molecular flexibility index (Phi) is 6.65. The Hall–Kier alpha value is -0.410. The molecule has 0 bridgehead atoms. The number of carbonyl (C=O) groups excluding carboxylic acids is 1. The zero-order valence-electron chi connectivity index (χ0n) is 10.6. The van der Waals surface area contributed by atoms with Gasteiger partial charge in [-0.2, -0.15) is 0 Å². The molecule has 0 radical (unpaired) electrons. The van der Waals surface area contributed by atoms with Crippen molar-refractivity contribution >= 4 is 5.78 Å². The van der Waals surface area contributed by atoms with Crippen molar-refractivity contribution in [3.63, 3.8) is 0 Å². The summed E-state index contributed by atoms with van der Waals surface area (Å²) in [6.45, 7) is 6.42. The summed E-state index contributed by atoms with van der Waals surface area (Å²) < 4.78 is 5.35. The monoisotopic (exact) mass is 227 g/mol. The van der Waals surface area contributed by atoms with Gasteiger partial charge in [0.25, 0.3) is 0 Å². The highest BCUT2D eigenvalue weighted by Crippen LogP contribution is 2.21. The van der Waals surface area contributed by atoms with E-state index in [9.17, 15) is 4.79 Å². The Balaban J connectivity index is 2.17. The van der Waals surface area contributed by atoms with Crippen LogP contribution in [0.5, 0.6) is 0 Å². The van der Waals surface area contributed by atoms with Crippen molar-refractivity contribution in [2.45, 2.75) is 52.0 Å². The summed E-state index contributed by atoms with van der Waals surface area (Å²) in [6, 6.07) is 0.108. The van der Waals surface area contributed by atoms with Crippen LogP contribution < -0.4 is 5.32 Å². The highest BCUT2D eigenvalue weighted by Gasteiger charge is 2.20. The number of ether oxygens (including phenoxy) is 1. The molecule has 16 heavy (non-hydrogen) atoms. The molecular formula is C13H25NO2. The van der Waals surface area contributed by atoms with E-state index >= 15 is 0 Å². The number of ketones is 1. The Morgan fingerprint density at radius 2 is 2.19 bits per heavy atom. The van der Waals surface area contributed by atoms with Crippen LogP contribution in [0.15, 0.2) is 0 Å². The largest absolute Gasteiger partial charge is 0.382 e. The van der Waals surface area contributed by atoms with E-state index < -0.39 is 0 Å². The number of hydrogen-bond acceptors (Lipinski definition) is 3. The maximum absolute atomic E-state index is 11.3. The van der Waals surface area contributed by atoms with Gasteiger partial charge < -0.3 is 10.1 Å². The highest BCUT2D eigenvalue weighted by atomic mass is 16.5. The molecule has 0 aliphatic carbocycles. The maximum Gasteiger partial charge on any atom is 0.146 e. The van der Waals surface area contributed by atoms with E-state index in [2.05, 4.69) is 5.32 Å². The maximum atomic E-state index is 11.3. The van der Waals surface area contributed by atoms with Gasteiger partial charge in [-0.1, -0.05) is 0 Å². The second kappa shape index (κ2) is 7.80. The van der Waals surface area contributed by atoms with Gasteiger partial charge in [0, 0.05) is 13.2 Å². The van der Waals surface area contributed by atoms with Crippen molar-refractivity contribution < 1.29 is 9.53 Å². The van der Waals surface area contributed by atoms with E-state index in [1.165, 1.54) is 19.3 Å². The molecule has 3 heteroatoms. The van der Waals surface area contributed by atoms with Crippen molar-refractivity contribution in [3.8, 4) is 0 Å². The van der Waals surface area contributed by atoms with Gasteiger partial charge in [0.05, 0.1) is 6.04 Å². The fourth-order valence-electron chi connectivity index (χ4n) is 2.36. The zero-order valence-corrected chi connectivity index (χ0v) is 10.6. The van der Waals surface area contributed by atoms with Gasteiger partial charge in [-0.25, -0.2) is 0 Å². The van der Waals surface area contributed by atoms with Crippen LogP contribution in [-0.2, 0) is 9.53 Å². The van der Waals surface area contributed by atoms with Gasteiger partial charge in [-0.15, -0.1) is 0 Å². The normalized spacial score (nSPS) is 26.4. The molecule has 94 valence electrons. The Morgan fingerprint density at radius 1 is 1.38 bits per heavy atom. The average molecular weight is 227 g/mol. The van der Waals surface area contributed by atoms with Crippen LogP contribution in [0.4, 0.5) is 0 Å². The lowest BCUT2D eigenvalue weighted by atomic mass is 9.94. The molecule has 1 aliphatic rings. The molecule has 2 atom stereocenters. The first kappa shape index (κ1) is 13.7. The van der Waals surface area contributed by atoms with Gasteiger partial charge >= 0.3 is 0 Å². The van der Waals surface area contributed by atoms with Crippen LogP contribution >= 0.6 is 0 Å². The number of nitrogens with one attached hydrogen (secondary N) is 1. The van der Waals surface area contributed by atoms with Crippen LogP contribution in [0.3, 0.4) is 0 Å². The molecule has 1 rings (SSSR count). The lowest BCUT2D eigenvalue weighted by Gasteiger charge is -2.13. The van der Waals surface area contributed by atoms with Crippen LogP contribution in [-0.4, -0.2) is 31.6 Å². The summed E-state index contributed by atoms with van der Waals surface area (Å²) in [5.74, 6) is 1.06. The first-order chi connectivity index (χ1) is 7.74. The van der Waals surface area contributed by atoms with Gasteiger partial charge in [0.2, 0.25) is 0 Å². The quantitative estimate of drug-likeness (QED) is 0.707. The topological polar surface area (TPSA) is 38.3 Å². The number of hydrogen-bond donors (Lipinski definition) is 1. The second-order valence-corrected chi connectivity index (χ2v) is 4.69. The molecule has 0 aromatic rings. The fourth-order valence-corrected chi connectivity index (χ4v) is 2.36. The third kappa shape index (κ3) is 5.08. The molecule has 0 amide bonds. The van der Waals surface area contributed by atoms with E-state index in [4.69, 9.17) is 4.74 Å². The lowest BCUT2D eigenvalue weighted by Crippen LogP contribution is -2.34. The molecular weight excluding hydrogens is 202 g/mol. The molecule has 0 unspecified atom stereocenters. The van der Waals surface area contributed by atoms with Gasteiger partial charge in [0.1, 0.15) is 5.78 Å². The molecule has 0 spiro atoms. The van der Waals surface area contributed by atoms with E-state index in [0.29, 0.717) is 0 Å².